The zero-order valence-electron chi connectivity index (χ0n) is 16.8. The summed E-state index contributed by atoms with van der Waals surface area (Å²) in [5.74, 6) is 0.852. The predicted molar refractivity (Wildman–Crippen MR) is 127 cm³/mol. The number of amides is 1. The van der Waals surface area contributed by atoms with Crippen LogP contribution in [0.5, 0.6) is 5.75 Å². The summed E-state index contributed by atoms with van der Waals surface area (Å²) in [5, 5.41) is 6.64. The van der Waals surface area contributed by atoms with E-state index in [4.69, 9.17) is 16.3 Å². The Bertz CT molecular complexity index is 1200. The summed E-state index contributed by atoms with van der Waals surface area (Å²) in [4.78, 5) is 21.3. The molecule has 0 bridgehead atoms. The van der Waals surface area contributed by atoms with Crippen molar-refractivity contribution in [1.82, 2.24) is 14.5 Å². The van der Waals surface area contributed by atoms with Crippen molar-refractivity contribution >= 4 is 45.7 Å². The number of ether oxygens (including phenoxy) is 1. The number of thiazole rings is 1. The number of rotatable bonds is 7. The van der Waals surface area contributed by atoms with E-state index in [-0.39, 0.29) is 11.7 Å². The highest BCUT2D eigenvalue weighted by molar-refractivity contribution is 7.99. The molecule has 4 aromatic rings. The Morgan fingerprint density at radius 2 is 2.06 bits per heavy atom. The number of nitrogens with one attached hydrogen (secondary N) is 1. The minimum atomic E-state index is -0.133. The molecule has 2 heterocycles. The first-order valence-electron chi connectivity index (χ1n) is 9.36. The molecular weight excluding hydrogens is 452 g/mol. The van der Waals surface area contributed by atoms with Gasteiger partial charge in [0, 0.05) is 21.7 Å². The van der Waals surface area contributed by atoms with Gasteiger partial charge in [0.15, 0.2) is 10.3 Å². The first-order chi connectivity index (χ1) is 15.0. The van der Waals surface area contributed by atoms with Gasteiger partial charge < -0.3 is 10.1 Å². The maximum atomic E-state index is 12.4. The number of nitrogens with zero attached hydrogens (tertiary/aromatic N) is 3. The van der Waals surface area contributed by atoms with Gasteiger partial charge in [-0.2, -0.15) is 0 Å². The molecule has 1 N–H and O–H groups in total. The smallest absolute Gasteiger partial charge is 0.236 e. The number of hydrogen-bond acceptors (Lipinski definition) is 6. The summed E-state index contributed by atoms with van der Waals surface area (Å²) in [5.41, 5.74) is 3.62. The minimum Gasteiger partial charge on any atom is -0.497 e. The van der Waals surface area contributed by atoms with Crippen LogP contribution in [0.15, 0.2) is 65.3 Å². The predicted octanol–water partition coefficient (Wildman–Crippen LogP) is 5.70. The highest BCUT2D eigenvalue weighted by Gasteiger charge is 2.16. The van der Waals surface area contributed by atoms with Crippen LogP contribution in [0, 0.1) is 6.92 Å². The van der Waals surface area contributed by atoms with E-state index in [2.05, 4.69) is 15.3 Å². The fraction of sp³-hybridized carbons (Fsp3) is 0.136. The van der Waals surface area contributed by atoms with Crippen LogP contribution in [-0.2, 0) is 4.79 Å². The number of anilines is 1. The van der Waals surface area contributed by atoms with E-state index in [0.717, 1.165) is 28.4 Å². The van der Waals surface area contributed by atoms with Crippen molar-refractivity contribution in [3.05, 3.63) is 70.8 Å². The molecule has 0 atom stereocenters. The fourth-order valence-electron chi connectivity index (χ4n) is 2.96. The van der Waals surface area contributed by atoms with Gasteiger partial charge in [-0.15, -0.1) is 11.3 Å². The van der Waals surface area contributed by atoms with Crippen molar-refractivity contribution < 1.29 is 9.53 Å². The van der Waals surface area contributed by atoms with Crippen LogP contribution < -0.4 is 10.1 Å². The van der Waals surface area contributed by atoms with Crippen molar-refractivity contribution in [2.45, 2.75) is 12.1 Å². The molecule has 158 valence electrons. The maximum absolute atomic E-state index is 12.4. The molecule has 0 spiro atoms. The van der Waals surface area contributed by atoms with Crippen molar-refractivity contribution in [2.75, 3.05) is 18.2 Å². The summed E-state index contributed by atoms with van der Waals surface area (Å²) in [6.45, 7) is 1.89. The molecule has 1 amide bonds. The summed E-state index contributed by atoms with van der Waals surface area (Å²) in [6.07, 6.45) is 1.80. The van der Waals surface area contributed by atoms with E-state index in [1.54, 1.807) is 13.3 Å². The Morgan fingerprint density at radius 3 is 2.74 bits per heavy atom. The molecule has 0 fully saturated rings. The zero-order valence-corrected chi connectivity index (χ0v) is 19.2. The van der Waals surface area contributed by atoms with Crippen molar-refractivity contribution in [3.63, 3.8) is 0 Å². The Labute approximate surface area is 193 Å². The zero-order chi connectivity index (χ0) is 21.8. The monoisotopic (exact) mass is 470 g/mol. The van der Waals surface area contributed by atoms with E-state index >= 15 is 0 Å². The molecule has 0 radical (unpaired) electrons. The van der Waals surface area contributed by atoms with Gasteiger partial charge in [0.1, 0.15) is 5.75 Å². The molecule has 0 saturated carbocycles. The van der Waals surface area contributed by atoms with Crippen LogP contribution in [-0.4, -0.2) is 33.3 Å². The van der Waals surface area contributed by atoms with Gasteiger partial charge in [-0.1, -0.05) is 29.4 Å². The molecule has 0 saturated heterocycles. The van der Waals surface area contributed by atoms with Gasteiger partial charge in [-0.05, 0) is 49.4 Å². The SMILES string of the molecule is COc1ccc(-c2cnc(SCC(=O)Nc3nc(C)cs3)n2-c2cccc(Cl)c2)cc1. The molecule has 2 aromatic heterocycles. The van der Waals surface area contributed by atoms with Crippen LogP contribution in [0.3, 0.4) is 0 Å². The third kappa shape index (κ3) is 5.10. The largest absolute Gasteiger partial charge is 0.497 e. The summed E-state index contributed by atoms with van der Waals surface area (Å²) in [7, 11) is 1.64. The van der Waals surface area contributed by atoms with Gasteiger partial charge in [0.25, 0.3) is 0 Å². The number of aryl methyl sites for hydroxylation is 1. The number of thioether (sulfide) groups is 1. The average molecular weight is 471 g/mol. The van der Waals surface area contributed by atoms with E-state index in [1.807, 2.05) is 65.4 Å². The van der Waals surface area contributed by atoms with Crippen LogP contribution >= 0.6 is 34.7 Å². The number of methoxy groups -OCH3 is 1. The number of hydrogen-bond donors (Lipinski definition) is 1. The van der Waals surface area contributed by atoms with E-state index in [1.165, 1.54) is 23.1 Å². The van der Waals surface area contributed by atoms with E-state index in [0.29, 0.717) is 15.3 Å². The molecule has 2 aromatic carbocycles. The third-order valence-corrected chi connectivity index (χ3v) is 6.44. The van der Waals surface area contributed by atoms with Gasteiger partial charge in [-0.25, -0.2) is 9.97 Å². The highest BCUT2D eigenvalue weighted by Crippen LogP contribution is 2.31. The number of aromatic nitrogens is 3. The second kappa shape index (κ2) is 9.55. The fourth-order valence-corrected chi connectivity index (χ4v) is 4.65. The first kappa shape index (κ1) is 21.4. The minimum absolute atomic E-state index is 0.133. The quantitative estimate of drug-likeness (QED) is 0.351. The van der Waals surface area contributed by atoms with Gasteiger partial charge >= 0.3 is 0 Å². The van der Waals surface area contributed by atoms with Crippen molar-refractivity contribution in [2.24, 2.45) is 0 Å². The summed E-state index contributed by atoms with van der Waals surface area (Å²) in [6, 6.07) is 15.3. The average Bonchev–Trinajstić information content (AvgIpc) is 3.38. The Kier molecular flexibility index (Phi) is 6.60. The standard InChI is InChI=1S/C22H19ClN4O2S2/c1-14-12-30-21(25-14)26-20(28)13-31-22-24-11-19(15-6-8-18(29-2)9-7-15)27(22)17-5-3-4-16(23)10-17/h3-12H,13H2,1-2H3,(H,25,26,28). The lowest BCUT2D eigenvalue weighted by Gasteiger charge is -2.13. The van der Waals surface area contributed by atoms with Crippen molar-refractivity contribution in [1.29, 1.82) is 0 Å². The summed E-state index contributed by atoms with van der Waals surface area (Å²) >= 11 is 9.01. The van der Waals surface area contributed by atoms with Crippen LogP contribution in [0.1, 0.15) is 5.69 Å². The number of benzene rings is 2. The van der Waals surface area contributed by atoms with Gasteiger partial charge in [0.2, 0.25) is 5.91 Å². The van der Waals surface area contributed by atoms with Crippen LogP contribution in [0.4, 0.5) is 5.13 Å². The van der Waals surface area contributed by atoms with Crippen LogP contribution in [0.25, 0.3) is 16.9 Å². The maximum Gasteiger partial charge on any atom is 0.236 e. The second-order valence-corrected chi connectivity index (χ2v) is 8.84. The van der Waals surface area contributed by atoms with E-state index in [9.17, 15) is 4.79 Å². The van der Waals surface area contributed by atoms with Crippen molar-refractivity contribution in [3.8, 4) is 22.7 Å². The molecule has 4 rings (SSSR count). The normalized spacial score (nSPS) is 10.8. The Balaban J connectivity index is 1.62. The Morgan fingerprint density at radius 1 is 1.26 bits per heavy atom. The molecule has 6 nitrogen and oxygen atoms in total. The van der Waals surface area contributed by atoms with Gasteiger partial charge in [0.05, 0.1) is 30.4 Å². The lowest BCUT2D eigenvalue weighted by molar-refractivity contribution is -0.113. The van der Waals surface area contributed by atoms with Crippen LogP contribution in [0.2, 0.25) is 5.02 Å². The number of imidazole rings is 1. The molecule has 0 unspecified atom stereocenters. The molecule has 0 aliphatic rings. The molecule has 9 heteroatoms. The lowest BCUT2D eigenvalue weighted by atomic mass is 10.1. The highest BCUT2D eigenvalue weighted by atomic mass is 35.5. The van der Waals surface area contributed by atoms with Gasteiger partial charge in [-0.3, -0.25) is 9.36 Å². The number of halogens is 1. The molecule has 31 heavy (non-hydrogen) atoms. The topological polar surface area (TPSA) is 69.0 Å². The lowest BCUT2D eigenvalue weighted by Crippen LogP contribution is -2.14. The Hall–Kier alpha value is -2.81. The third-order valence-electron chi connectivity index (χ3n) is 4.38. The van der Waals surface area contributed by atoms with E-state index < -0.39 is 0 Å². The first-order valence-corrected chi connectivity index (χ1v) is 11.6. The summed E-state index contributed by atoms with van der Waals surface area (Å²) < 4.78 is 7.26. The number of carbonyl (C=O) groups excluding carboxylic acids is 1. The molecule has 0 aliphatic carbocycles. The molecular formula is C22H19ClN4O2S2. The number of carbonyl (C=O) groups is 1. The second-order valence-electron chi connectivity index (χ2n) is 6.60. The molecule has 0 aliphatic heterocycles.